The molecule has 0 heterocycles. The molecule has 0 aliphatic rings. The Morgan fingerprint density at radius 3 is 2.30 bits per heavy atom. The minimum atomic E-state index is -3.51. The molecule has 27 heavy (non-hydrogen) atoms. The number of carbonyl (C=O) groups excluding carboxylic acids is 1. The van der Waals surface area contributed by atoms with E-state index in [9.17, 15) is 17.6 Å². The number of aryl methyl sites for hydroxylation is 1. The third-order valence-corrected chi connectivity index (χ3v) is 5.73. The fraction of sp³-hybridized carbons (Fsp3) is 0.0952. The molecule has 0 aliphatic carbocycles. The van der Waals surface area contributed by atoms with Crippen LogP contribution in [0.5, 0.6) is 0 Å². The highest BCUT2D eigenvalue weighted by atomic mass is 32.2. The highest BCUT2D eigenvalue weighted by Gasteiger charge is 2.16. The Kier molecular flexibility index (Phi) is 5.37. The molecular weight excluding hydrogens is 365 g/mol. The molecule has 0 aromatic heterocycles. The zero-order valence-corrected chi connectivity index (χ0v) is 15.5. The fourth-order valence-electron chi connectivity index (χ4n) is 2.59. The molecule has 1 amide bonds. The van der Waals surface area contributed by atoms with Gasteiger partial charge in [-0.05, 0) is 61.0 Å². The van der Waals surface area contributed by atoms with Crippen molar-refractivity contribution < 1.29 is 17.6 Å². The predicted molar refractivity (Wildman–Crippen MR) is 103 cm³/mol. The van der Waals surface area contributed by atoms with Crippen LogP contribution >= 0.6 is 0 Å². The van der Waals surface area contributed by atoms with E-state index in [1.165, 1.54) is 24.3 Å². The number of halogens is 1. The molecule has 6 heteroatoms. The maximum atomic E-state index is 12.9. The predicted octanol–water partition coefficient (Wildman–Crippen LogP) is 4.36. The third-order valence-electron chi connectivity index (χ3n) is 4.03. The number of anilines is 1. The lowest BCUT2D eigenvalue weighted by Gasteiger charge is -2.08. The highest BCUT2D eigenvalue weighted by Crippen LogP contribution is 2.18. The van der Waals surface area contributed by atoms with Crippen LogP contribution in [0, 0.1) is 12.7 Å². The summed E-state index contributed by atoms with van der Waals surface area (Å²) in [6, 6.07) is 18.5. The SMILES string of the molecule is Cc1ccc(S(=O)(=O)Cc2cccc(C(=O)Nc3ccc(F)cc3)c2)cc1. The summed E-state index contributed by atoms with van der Waals surface area (Å²) in [4.78, 5) is 12.6. The standard InChI is InChI=1S/C21H18FNO3S/c1-15-5-11-20(12-6-15)27(25,26)14-16-3-2-4-17(13-16)21(24)23-19-9-7-18(22)8-10-19/h2-13H,14H2,1H3,(H,23,24). The van der Waals surface area contributed by atoms with Crippen molar-refractivity contribution in [2.75, 3.05) is 5.32 Å². The third kappa shape index (κ3) is 4.80. The van der Waals surface area contributed by atoms with E-state index in [1.807, 2.05) is 6.92 Å². The molecule has 0 unspecified atom stereocenters. The van der Waals surface area contributed by atoms with Gasteiger partial charge in [-0.15, -0.1) is 0 Å². The van der Waals surface area contributed by atoms with Crippen molar-refractivity contribution in [3.8, 4) is 0 Å². The van der Waals surface area contributed by atoms with Gasteiger partial charge in [-0.2, -0.15) is 0 Å². The van der Waals surface area contributed by atoms with Crippen molar-refractivity contribution in [3.05, 3.63) is 95.3 Å². The van der Waals surface area contributed by atoms with Crippen LogP contribution in [0.2, 0.25) is 0 Å². The molecule has 4 nitrogen and oxygen atoms in total. The zero-order valence-electron chi connectivity index (χ0n) is 14.6. The van der Waals surface area contributed by atoms with E-state index in [1.54, 1.807) is 48.5 Å². The van der Waals surface area contributed by atoms with Crippen LogP contribution in [0.4, 0.5) is 10.1 Å². The maximum absolute atomic E-state index is 12.9. The molecule has 0 aliphatic heterocycles. The first kappa shape index (κ1) is 18.8. The Balaban J connectivity index is 1.77. The van der Waals surface area contributed by atoms with Crippen LogP contribution < -0.4 is 5.32 Å². The van der Waals surface area contributed by atoms with E-state index in [0.29, 0.717) is 16.8 Å². The summed E-state index contributed by atoms with van der Waals surface area (Å²) in [7, 11) is -3.51. The summed E-state index contributed by atoms with van der Waals surface area (Å²) in [5.74, 6) is -0.985. The van der Waals surface area contributed by atoms with Crippen molar-refractivity contribution >= 4 is 21.4 Å². The number of amides is 1. The minimum Gasteiger partial charge on any atom is -0.322 e. The van der Waals surface area contributed by atoms with Crippen molar-refractivity contribution in [3.63, 3.8) is 0 Å². The highest BCUT2D eigenvalue weighted by molar-refractivity contribution is 7.90. The Labute approximate surface area is 157 Å². The summed E-state index contributed by atoms with van der Waals surface area (Å²) < 4.78 is 38.1. The minimum absolute atomic E-state index is 0.201. The van der Waals surface area contributed by atoms with Gasteiger partial charge in [0.25, 0.3) is 5.91 Å². The van der Waals surface area contributed by atoms with E-state index in [-0.39, 0.29) is 10.6 Å². The Bertz CT molecular complexity index is 1060. The average Bonchev–Trinajstić information content (AvgIpc) is 2.64. The van der Waals surface area contributed by atoms with Crippen LogP contribution in [-0.2, 0) is 15.6 Å². The van der Waals surface area contributed by atoms with Crippen molar-refractivity contribution in [1.29, 1.82) is 0 Å². The lowest BCUT2D eigenvalue weighted by Crippen LogP contribution is -2.13. The van der Waals surface area contributed by atoms with Gasteiger partial charge in [0.1, 0.15) is 5.82 Å². The number of hydrogen-bond donors (Lipinski definition) is 1. The van der Waals surface area contributed by atoms with Crippen LogP contribution in [0.15, 0.2) is 77.7 Å². The lowest BCUT2D eigenvalue weighted by atomic mass is 10.1. The Morgan fingerprint density at radius 1 is 0.963 bits per heavy atom. The topological polar surface area (TPSA) is 63.2 Å². The quantitative estimate of drug-likeness (QED) is 0.712. The van der Waals surface area contributed by atoms with Crippen molar-refractivity contribution in [2.24, 2.45) is 0 Å². The van der Waals surface area contributed by atoms with Crippen LogP contribution in [-0.4, -0.2) is 14.3 Å². The number of carbonyl (C=O) groups is 1. The van der Waals surface area contributed by atoms with Crippen molar-refractivity contribution in [1.82, 2.24) is 0 Å². The molecule has 0 saturated heterocycles. The van der Waals surface area contributed by atoms with Gasteiger partial charge < -0.3 is 5.32 Å². The summed E-state index contributed by atoms with van der Waals surface area (Å²) in [6.45, 7) is 1.89. The van der Waals surface area contributed by atoms with E-state index in [4.69, 9.17) is 0 Å². The maximum Gasteiger partial charge on any atom is 0.255 e. The van der Waals surface area contributed by atoms with E-state index in [2.05, 4.69) is 5.32 Å². The molecule has 0 spiro atoms. The summed E-state index contributed by atoms with van der Waals surface area (Å²) in [5.41, 5.74) is 2.28. The van der Waals surface area contributed by atoms with Gasteiger partial charge in [-0.25, -0.2) is 12.8 Å². The van der Waals surface area contributed by atoms with Gasteiger partial charge in [-0.1, -0.05) is 29.8 Å². The van der Waals surface area contributed by atoms with Gasteiger partial charge in [0.15, 0.2) is 9.84 Å². The number of hydrogen-bond acceptors (Lipinski definition) is 3. The molecule has 3 aromatic rings. The lowest BCUT2D eigenvalue weighted by molar-refractivity contribution is 0.102. The summed E-state index contributed by atoms with van der Waals surface area (Å²) in [5, 5.41) is 2.66. The van der Waals surface area contributed by atoms with Crippen molar-refractivity contribution in [2.45, 2.75) is 17.6 Å². The molecule has 0 saturated carbocycles. The second-order valence-corrected chi connectivity index (χ2v) is 8.22. The first-order valence-electron chi connectivity index (χ1n) is 8.29. The molecule has 138 valence electrons. The molecule has 1 N–H and O–H groups in total. The smallest absolute Gasteiger partial charge is 0.255 e. The van der Waals surface area contributed by atoms with Gasteiger partial charge >= 0.3 is 0 Å². The van der Waals surface area contributed by atoms with Gasteiger partial charge in [0.05, 0.1) is 10.6 Å². The normalized spacial score (nSPS) is 11.2. The monoisotopic (exact) mass is 383 g/mol. The molecule has 0 bridgehead atoms. The van der Waals surface area contributed by atoms with E-state index >= 15 is 0 Å². The summed E-state index contributed by atoms with van der Waals surface area (Å²) >= 11 is 0. The number of nitrogens with one attached hydrogen (secondary N) is 1. The molecule has 0 fully saturated rings. The molecule has 3 rings (SSSR count). The van der Waals surface area contributed by atoms with Crippen LogP contribution in [0.1, 0.15) is 21.5 Å². The first-order valence-corrected chi connectivity index (χ1v) is 9.94. The number of sulfone groups is 1. The Morgan fingerprint density at radius 2 is 1.63 bits per heavy atom. The van der Waals surface area contributed by atoms with E-state index in [0.717, 1.165) is 5.56 Å². The zero-order chi connectivity index (χ0) is 19.4. The van der Waals surface area contributed by atoms with Crippen LogP contribution in [0.3, 0.4) is 0 Å². The second kappa shape index (κ2) is 7.72. The second-order valence-electron chi connectivity index (χ2n) is 6.23. The average molecular weight is 383 g/mol. The molecule has 0 atom stereocenters. The molecule has 3 aromatic carbocycles. The molecular formula is C21H18FNO3S. The Hall–Kier alpha value is -2.99. The largest absolute Gasteiger partial charge is 0.322 e. The van der Waals surface area contributed by atoms with Gasteiger partial charge in [0.2, 0.25) is 0 Å². The molecule has 0 radical (unpaired) electrons. The van der Waals surface area contributed by atoms with Gasteiger partial charge in [0, 0.05) is 11.3 Å². The van der Waals surface area contributed by atoms with Crippen LogP contribution in [0.25, 0.3) is 0 Å². The van der Waals surface area contributed by atoms with Gasteiger partial charge in [-0.3, -0.25) is 4.79 Å². The summed E-state index contributed by atoms with van der Waals surface area (Å²) in [6.07, 6.45) is 0. The number of rotatable bonds is 5. The number of benzene rings is 3. The van der Waals surface area contributed by atoms with E-state index < -0.39 is 21.6 Å². The fourth-order valence-corrected chi connectivity index (χ4v) is 3.92. The first-order chi connectivity index (χ1) is 12.8.